The molecule has 2 aromatic rings. The number of rotatable bonds is 4. The average molecular weight is 460 g/mol. The van der Waals surface area contributed by atoms with Crippen LogP contribution in [0.4, 0.5) is 4.39 Å². The van der Waals surface area contributed by atoms with Crippen molar-refractivity contribution in [1.82, 2.24) is 5.32 Å². The molecule has 0 aromatic heterocycles. The van der Waals surface area contributed by atoms with Gasteiger partial charge in [-0.2, -0.15) is 0 Å². The second-order valence-electron chi connectivity index (χ2n) is 9.61. The van der Waals surface area contributed by atoms with E-state index in [-0.39, 0.29) is 17.8 Å². The van der Waals surface area contributed by atoms with E-state index in [1.54, 1.807) is 18.2 Å². The minimum atomic E-state index is -0.766. The lowest BCUT2D eigenvalue weighted by atomic mass is 9.71. The van der Waals surface area contributed by atoms with Gasteiger partial charge in [0.1, 0.15) is 11.9 Å². The van der Waals surface area contributed by atoms with Crippen molar-refractivity contribution >= 4 is 11.8 Å². The van der Waals surface area contributed by atoms with Gasteiger partial charge in [-0.05, 0) is 56.6 Å². The van der Waals surface area contributed by atoms with Gasteiger partial charge in [0.25, 0.3) is 0 Å². The lowest BCUT2D eigenvalue weighted by Gasteiger charge is -2.37. The highest BCUT2D eigenvalue weighted by molar-refractivity contribution is 6.04. The summed E-state index contributed by atoms with van der Waals surface area (Å²) in [7, 11) is 0. The van der Waals surface area contributed by atoms with Crippen molar-refractivity contribution in [3.8, 4) is 0 Å². The number of carbonyl (C=O) groups is 2. The smallest absolute Gasteiger partial charge is 0.337 e. The number of esters is 1. The number of halogens is 1. The van der Waals surface area contributed by atoms with E-state index < -0.39 is 17.7 Å². The van der Waals surface area contributed by atoms with Crippen molar-refractivity contribution in [2.75, 3.05) is 0 Å². The van der Waals surface area contributed by atoms with Gasteiger partial charge in [-0.3, -0.25) is 4.79 Å². The number of benzene rings is 2. The molecule has 34 heavy (non-hydrogen) atoms. The van der Waals surface area contributed by atoms with E-state index in [9.17, 15) is 9.59 Å². The molecule has 0 bridgehead atoms. The van der Waals surface area contributed by atoms with Crippen LogP contribution in [0.25, 0.3) is 0 Å². The van der Waals surface area contributed by atoms with Gasteiger partial charge < -0.3 is 10.1 Å². The van der Waals surface area contributed by atoms with Gasteiger partial charge in [-0.15, -0.1) is 0 Å². The molecule has 1 fully saturated rings. The zero-order chi connectivity index (χ0) is 23.7. The molecule has 0 unspecified atom stereocenters. The zero-order valence-electron chi connectivity index (χ0n) is 19.5. The topological polar surface area (TPSA) is 55.4 Å². The molecule has 0 saturated heterocycles. The second-order valence-corrected chi connectivity index (χ2v) is 9.61. The largest absolute Gasteiger partial charge is 0.459 e. The molecule has 1 N–H and O–H groups in total. The maximum Gasteiger partial charge on any atom is 0.337 e. The van der Waals surface area contributed by atoms with E-state index in [0.29, 0.717) is 35.2 Å². The summed E-state index contributed by atoms with van der Waals surface area (Å²) in [5.41, 5.74) is 3.72. The molecule has 176 valence electrons. The fourth-order valence-corrected chi connectivity index (χ4v) is 5.69. The number of carbonyl (C=O) groups excluding carboxylic acids is 2. The number of nitrogens with one attached hydrogen (secondary N) is 1. The van der Waals surface area contributed by atoms with Crippen LogP contribution in [0.1, 0.15) is 74.8 Å². The molecule has 4 nitrogen and oxygen atoms in total. The van der Waals surface area contributed by atoms with Crippen LogP contribution >= 0.6 is 0 Å². The maximum atomic E-state index is 15.1. The van der Waals surface area contributed by atoms with Gasteiger partial charge in [-0.1, -0.05) is 55.0 Å². The van der Waals surface area contributed by atoms with Gasteiger partial charge in [-0.25, -0.2) is 9.18 Å². The Morgan fingerprint density at radius 1 is 0.971 bits per heavy atom. The molecule has 0 spiro atoms. The number of Topliss-reactive ketones (excluding diaryl/α,β-unsaturated/α-hetero) is 1. The van der Waals surface area contributed by atoms with E-state index in [2.05, 4.69) is 5.32 Å². The van der Waals surface area contributed by atoms with E-state index in [4.69, 9.17) is 4.74 Å². The van der Waals surface area contributed by atoms with Gasteiger partial charge in [0.05, 0.1) is 11.5 Å². The second kappa shape index (κ2) is 9.57. The standard InChI is InChI=1S/C29H30FNO3/c1-18-26(29(33)34-21-12-6-3-7-13-21)27(22-14-8-9-15-23(22)30)28-24(31-18)16-20(17-25(28)32)19-10-4-2-5-11-19/h2,4-5,8-11,14-15,20-21,27,31H,3,6-7,12-13,16-17H2,1H3/t20-,27+/m0/s1. The summed E-state index contributed by atoms with van der Waals surface area (Å²) in [6, 6.07) is 16.4. The summed E-state index contributed by atoms with van der Waals surface area (Å²) in [4.78, 5) is 27.0. The molecule has 5 heteroatoms. The first-order chi connectivity index (χ1) is 16.5. The summed E-state index contributed by atoms with van der Waals surface area (Å²) in [6.07, 6.45) is 5.78. The lowest BCUT2D eigenvalue weighted by Crippen LogP contribution is -2.37. The van der Waals surface area contributed by atoms with Crippen LogP contribution in [0.15, 0.2) is 77.1 Å². The summed E-state index contributed by atoms with van der Waals surface area (Å²) in [6.45, 7) is 1.83. The van der Waals surface area contributed by atoms with E-state index in [0.717, 1.165) is 43.4 Å². The third kappa shape index (κ3) is 4.31. The molecule has 1 heterocycles. The Labute approximate surface area is 199 Å². The molecule has 5 rings (SSSR count). The Balaban J connectivity index is 1.54. The number of ether oxygens (including phenoxy) is 1. The lowest BCUT2D eigenvalue weighted by molar-refractivity contribution is -0.146. The molecule has 3 aliphatic rings. The number of hydrogen-bond donors (Lipinski definition) is 1. The Morgan fingerprint density at radius 3 is 2.41 bits per heavy atom. The molecule has 2 atom stereocenters. The van der Waals surface area contributed by atoms with Crippen molar-refractivity contribution in [3.05, 3.63) is 94.1 Å². The maximum absolute atomic E-state index is 15.1. The van der Waals surface area contributed by atoms with Crippen molar-refractivity contribution < 1.29 is 18.7 Å². The first kappa shape index (κ1) is 22.6. The molecule has 2 aliphatic carbocycles. The summed E-state index contributed by atoms with van der Waals surface area (Å²) in [5.74, 6) is -1.64. The average Bonchev–Trinajstić information content (AvgIpc) is 2.84. The highest BCUT2D eigenvalue weighted by atomic mass is 19.1. The first-order valence-corrected chi connectivity index (χ1v) is 12.3. The third-order valence-electron chi connectivity index (χ3n) is 7.36. The number of dihydropyridines is 1. The molecular weight excluding hydrogens is 429 g/mol. The van der Waals surface area contributed by atoms with E-state index >= 15 is 4.39 Å². The molecule has 1 aliphatic heterocycles. The molecule has 1 saturated carbocycles. The van der Waals surface area contributed by atoms with Gasteiger partial charge >= 0.3 is 5.97 Å². The van der Waals surface area contributed by atoms with Crippen molar-refractivity contribution in [3.63, 3.8) is 0 Å². The molecule has 0 radical (unpaired) electrons. The summed E-state index contributed by atoms with van der Waals surface area (Å²) in [5, 5.41) is 3.35. The minimum absolute atomic E-state index is 0.0461. The fraction of sp³-hybridized carbons (Fsp3) is 0.379. The van der Waals surface area contributed by atoms with Crippen LogP contribution in [0.2, 0.25) is 0 Å². The number of hydrogen-bond acceptors (Lipinski definition) is 4. The van der Waals surface area contributed by atoms with Gasteiger partial charge in [0.2, 0.25) is 0 Å². The number of ketones is 1. The molecule has 0 amide bonds. The monoisotopic (exact) mass is 459 g/mol. The molecule has 2 aromatic carbocycles. The van der Waals surface area contributed by atoms with Crippen LogP contribution in [0, 0.1) is 5.82 Å². The molecular formula is C29H30FNO3. The summed E-state index contributed by atoms with van der Waals surface area (Å²) < 4.78 is 21.0. The quantitative estimate of drug-likeness (QED) is 0.565. The SMILES string of the molecule is CC1=C(C(=O)OC2CCCCC2)[C@@H](c2ccccc2F)C2=C(C[C@H](c3ccccc3)CC2=O)N1. The Morgan fingerprint density at radius 2 is 1.68 bits per heavy atom. The normalized spacial score (nSPS) is 23.4. The van der Waals surface area contributed by atoms with Gasteiger partial charge in [0, 0.05) is 29.0 Å². The van der Waals surface area contributed by atoms with Crippen molar-refractivity contribution in [1.29, 1.82) is 0 Å². The predicted molar refractivity (Wildman–Crippen MR) is 128 cm³/mol. The Bertz CT molecular complexity index is 1160. The third-order valence-corrected chi connectivity index (χ3v) is 7.36. The highest BCUT2D eigenvalue weighted by Gasteiger charge is 2.42. The minimum Gasteiger partial charge on any atom is -0.459 e. The van der Waals surface area contributed by atoms with Crippen molar-refractivity contribution in [2.45, 2.75) is 69.8 Å². The van der Waals surface area contributed by atoms with Crippen LogP contribution in [-0.2, 0) is 14.3 Å². The van der Waals surface area contributed by atoms with Crippen LogP contribution in [0.3, 0.4) is 0 Å². The Hall–Kier alpha value is -3.21. The zero-order valence-corrected chi connectivity index (χ0v) is 19.5. The predicted octanol–water partition coefficient (Wildman–Crippen LogP) is 6.06. The number of allylic oxidation sites excluding steroid dienone is 3. The first-order valence-electron chi connectivity index (χ1n) is 12.3. The van der Waals surface area contributed by atoms with Crippen LogP contribution in [0.5, 0.6) is 0 Å². The van der Waals surface area contributed by atoms with E-state index in [1.807, 2.05) is 37.3 Å². The van der Waals surface area contributed by atoms with Gasteiger partial charge in [0.15, 0.2) is 5.78 Å². The van der Waals surface area contributed by atoms with Crippen molar-refractivity contribution in [2.24, 2.45) is 0 Å². The summed E-state index contributed by atoms with van der Waals surface area (Å²) >= 11 is 0. The van der Waals surface area contributed by atoms with Crippen LogP contribution < -0.4 is 5.32 Å². The highest BCUT2D eigenvalue weighted by Crippen LogP contribution is 2.46. The Kier molecular flexibility index (Phi) is 6.36. The fourth-order valence-electron chi connectivity index (χ4n) is 5.69. The van der Waals surface area contributed by atoms with E-state index in [1.165, 1.54) is 6.07 Å². The van der Waals surface area contributed by atoms with Crippen LogP contribution in [-0.4, -0.2) is 17.9 Å².